The predicted molar refractivity (Wildman–Crippen MR) is 81.1 cm³/mol. The fraction of sp³-hybridized carbons (Fsp3) is 0.0588. The van der Waals surface area contributed by atoms with E-state index in [1.54, 1.807) is 24.3 Å². The summed E-state index contributed by atoms with van der Waals surface area (Å²) in [6.45, 7) is 0. The van der Waals surface area contributed by atoms with Crippen molar-refractivity contribution in [1.82, 2.24) is 0 Å². The number of fused-ring (bicyclic) bond motifs is 1. The van der Waals surface area contributed by atoms with Gasteiger partial charge >= 0.3 is 0 Å². The molecule has 0 aliphatic rings. The number of nitro benzene ring substituents is 1. The van der Waals surface area contributed by atoms with Gasteiger partial charge in [-0.15, -0.1) is 0 Å². The zero-order valence-corrected chi connectivity index (χ0v) is 11.1. The molecular formula is C17H13NO3. The van der Waals surface area contributed by atoms with Gasteiger partial charge in [-0.25, -0.2) is 0 Å². The Kier molecular flexibility index (Phi) is 3.38. The molecule has 3 aromatic carbocycles. The number of nitro groups is 1. The first-order valence-electron chi connectivity index (χ1n) is 6.57. The molecule has 0 bridgehead atoms. The molecule has 4 heteroatoms. The van der Waals surface area contributed by atoms with Gasteiger partial charge < -0.3 is 5.11 Å². The van der Waals surface area contributed by atoms with Crippen molar-refractivity contribution in [2.24, 2.45) is 0 Å². The monoisotopic (exact) mass is 279 g/mol. The molecule has 0 fully saturated rings. The average Bonchev–Trinajstić information content (AvgIpc) is 2.53. The van der Waals surface area contributed by atoms with Crippen molar-refractivity contribution in [3.05, 3.63) is 88.0 Å². The molecule has 0 aliphatic carbocycles. The number of nitrogens with zero attached hydrogens (tertiary/aromatic N) is 1. The standard InChI is InChI=1S/C17H13NO3/c19-17(15-9-3-4-11-16(15)18(20)21)14-10-5-7-12-6-1-2-8-13(12)14/h1-11,17,19H. The van der Waals surface area contributed by atoms with Crippen molar-refractivity contribution in [2.75, 3.05) is 0 Å². The van der Waals surface area contributed by atoms with Crippen molar-refractivity contribution in [1.29, 1.82) is 0 Å². The molecule has 0 saturated heterocycles. The topological polar surface area (TPSA) is 63.4 Å². The van der Waals surface area contributed by atoms with Gasteiger partial charge in [0, 0.05) is 6.07 Å². The highest BCUT2D eigenvalue weighted by Gasteiger charge is 2.22. The van der Waals surface area contributed by atoms with Gasteiger partial charge in [-0.05, 0) is 22.4 Å². The summed E-state index contributed by atoms with van der Waals surface area (Å²) in [5.41, 5.74) is 0.902. The third-order valence-electron chi connectivity index (χ3n) is 3.55. The van der Waals surface area contributed by atoms with E-state index in [1.807, 2.05) is 36.4 Å². The fourth-order valence-corrected chi connectivity index (χ4v) is 2.54. The number of benzene rings is 3. The number of para-hydroxylation sites is 1. The smallest absolute Gasteiger partial charge is 0.275 e. The van der Waals surface area contributed by atoms with E-state index in [4.69, 9.17) is 0 Å². The third kappa shape index (κ3) is 2.37. The van der Waals surface area contributed by atoms with Crippen LogP contribution in [0.1, 0.15) is 17.2 Å². The Bertz CT molecular complexity index is 808. The zero-order valence-electron chi connectivity index (χ0n) is 11.1. The SMILES string of the molecule is O=[N+]([O-])c1ccccc1C(O)c1cccc2ccccc12. The van der Waals surface area contributed by atoms with Gasteiger partial charge in [0.05, 0.1) is 10.5 Å². The maximum atomic E-state index is 11.1. The number of hydrogen-bond acceptors (Lipinski definition) is 3. The van der Waals surface area contributed by atoms with E-state index in [-0.39, 0.29) is 5.69 Å². The Morgan fingerprint density at radius 3 is 2.29 bits per heavy atom. The second-order valence-corrected chi connectivity index (χ2v) is 4.79. The maximum absolute atomic E-state index is 11.1. The first-order chi connectivity index (χ1) is 10.2. The Balaban J connectivity index is 2.18. The Morgan fingerprint density at radius 1 is 0.857 bits per heavy atom. The highest BCUT2D eigenvalue weighted by Crippen LogP contribution is 2.33. The molecule has 4 nitrogen and oxygen atoms in total. The van der Waals surface area contributed by atoms with Crippen LogP contribution in [0.4, 0.5) is 5.69 Å². The first kappa shape index (κ1) is 13.3. The summed E-state index contributed by atoms with van der Waals surface area (Å²) in [6, 6.07) is 19.5. The summed E-state index contributed by atoms with van der Waals surface area (Å²) in [5, 5.41) is 23.6. The van der Waals surface area contributed by atoms with Crippen LogP contribution in [0, 0.1) is 10.1 Å². The number of aliphatic hydroxyl groups excluding tert-OH is 1. The van der Waals surface area contributed by atoms with E-state index in [1.165, 1.54) is 6.07 Å². The Labute approximate surface area is 121 Å². The summed E-state index contributed by atoms with van der Waals surface area (Å²) in [7, 11) is 0. The maximum Gasteiger partial charge on any atom is 0.275 e. The number of hydrogen-bond donors (Lipinski definition) is 1. The molecule has 104 valence electrons. The first-order valence-corrected chi connectivity index (χ1v) is 6.57. The van der Waals surface area contributed by atoms with E-state index < -0.39 is 11.0 Å². The van der Waals surface area contributed by atoms with Crippen LogP contribution in [0.5, 0.6) is 0 Å². The van der Waals surface area contributed by atoms with Crippen LogP contribution in [0.25, 0.3) is 10.8 Å². The molecule has 0 saturated carbocycles. The van der Waals surface area contributed by atoms with Crippen LogP contribution in [0.2, 0.25) is 0 Å². The largest absolute Gasteiger partial charge is 0.383 e. The number of aliphatic hydroxyl groups is 1. The lowest BCUT2D eigenvalue weighted by atomic mass is 9.95. The highest BCUT2D eigenvalue weighted by atomic mass is 16.6. The molecule has 0 aliphatic heterocycles. The fourth-order valence-electron chi connectivity index (χ4n) is 2.54. The van der Waals surface area contributed by atoms with Crippen molar-refractivity contribution >= 4 is 16.5 Å². The van der Waals surface area contributed by atoms with Gasteiger partial charge in [-0.1, -0.05) is 54.6 Å². The van der Waals surface area contributed by atoms with Gasteiger partial charge in [0.1, 0.15) is 6.10 Å². The molecule has 3 aromatic rings. The molecule has 1 unspecified atom stereocenters. The average molecular weight is 279 g/mol. The van der Waals surface area contributed by atoms with E-state index in [9.17, 15) is 15.2 Å². The Morgan fingerprint density at radius 2 is 1.48 bits per heavy atom. The summed E-state index contributed by atoms with van der Waals surface area (Å²) in [4.78, 5) is 10.6. The van der Waals surface area contributed by atoms with Crippen molar-refractivity contribution in [3.63, 3.8) is 0 Å². The molecule has 3 rings (SSSR count). The second kappa shape index (κ2) is 5.34. The third-order valence-corrected chi connectivity index (χ3v) is 3.55. The molecule has 1 N–H and O–H groups in total. The summed E-state index contributed by atoms with van der Waals surface area (Å²) >= 11 is 0. The van der Waals surface area contributed by atoms with Crippen LogP contribution in [-0.4, -0.2) is 10.0 Å². The lowest BCUT2D eigenvalue weighted by Crippen LogP contribution is -2.04. The minimum atomic E-state index is -1.03. The van der Waals surface area contributed by atoms with Crippen molar-refractivity contribution < 1.29 is 10.0 Å². The van der Waals surface area contributed by atoms with Gasteiger partial charge in [0.15, 0.2) is 0 Å². The van der Waals surface area contributed by atoms with Gasteiger partial charge in [-0.3, -0.25) is 10.1 Å². The highest BCUT2D eigenvalue weighted by molar-refractivity contribution is 5.86. The van der Waals surface area contributed by atoms with E-state index in [0.717, 1.165) is 10.8 Å². The molecule has 0 heterocycles. The van der Waals surface area contributed by atoms with Gasteiger partial charge in [0.25, 0.3) is 5.69 Å². The lowest BCUT2D eigenvalue weighted by molar-refractivity contribution is -0.386. The molecule has 0 spiro atoms. The van der Waals surface area contributed by atoms with Crippen molar-refractivity contribution in [2.45, 2.75) is 6.10 Å². The Hall–Kier alpha value is -2.72. The molecule has 1 atom stereocenters. The van der Waals surface area contributed by atoms with Gasteiger partial charge in [0.2, 0.25) is 0 Å². The van der Waals surface area contributed by atoms with E-state index in [2.05, 4.69) is 0 Å². The lowest BCUT2D eigenvalue weighted by Gasteiger charge is -2.14. The molecule has 0 aromatic heterocycles. The minimum absolute atomic E-state index is 0.0714. The number of rotatable bonds is 3. The van der Waals surface area contributed by atoms with E-state index in [0.29, 0.717) is 11.1 Å². The molecule has 21 heavy (non-hydrogen) atoms. The van der Waals surface area contributed by atoms with Crippen LogP contribution >= 0.6 is 0 Å². The van der Waals surface area contributed by atoms with E-state index >= 15 is 0 Å². The van der Waals surface area contributed by atoms with Crippen LogP contribution in [0.15, 0.2) is 66.7 Å². The quantitative estimate of drug-likeness (QED) is 0.585. The molecular weight excluding hydrogens is 266 g/mol. The minimum Gasteiger partial charge on any atom is -0.383 e. The van der Waals surface area contributed by atoms with Crippen LogP contribution in [-0.2, 0) is 0 Å². The summed E-state index contributed by atoms with van der Waals surface area (Å²) < 4.78 is 0. The van der Waals surface area contributed by atoms with Crippen molar-refractivity contribution in [3.8, 4) is 0 Å². The summed E-state index contributed by atoms with van der Waals surface area (Å²) in [6.07, 6.45) is -1.03. The van der Waals surface area contributed by atoms with Crippen LogP contribution in [0.3, 0.4) is 0 Å². The predicted octanol–water partition coefficient (Wildman–Crippen LogP) is 3.83. The van der Waals surface area contributed by atoms with Gasteiger partial charge in [-0.2, -0.15) is 0 Å². The normalized spacial score (nSPS) is 12.2. The second-order valence-electron chi connectivity index (χ2n) is 4.79. The zero-order chi connectivity index (χ0) is 14.8. The summed E-state index contributed by atoms with van der Waals surface area (Å²) in [5.74, 6) is 0. The molecule has 0 amide bonds. The molecule has 0 radical (unpaired) electrons. The van der Waals surface area contributed by atoms with Crippen LogP contribution < -0.4 is 0 Å².